The van der Waals surface area contributed by atoms with Crippen LogP contribution in [0.4, 0.5) is 0 Å². The summed E-state index contributed by atoms with van der Waals surface area (Å²) in [6.07, 6.45) is 3.29. The van der Waals surface area contributed by atoms with Gasteiger partial charge in [0, 0.05) is 6.61 Å². The highest BCUT2D eigenvalue weighted by molar-refractivity contribution is 9.10. The summed E-state index contributed by atoms with van der Waals surface area (Å²) in [4.78, 5) is 0. The monoisotopic (exact) mass is 270 g/mol. The average Bonchev–Trinajstić information content (AvgIpc) is 3.03. The zero-order chi connectivity index (χ0) is 10.7. The third-order valence-electron chi connectivity index (χ3n) is 2.57. The zero-order valence-electron chi connectivity index (χ0n) is 8.58. The molecule has 0 amide bonds. The number of benzene rings is 1. The predicted molar refractivity (Wildman–Crippen MR) is 63.2 cm³/mol. The van der Waals surface area contributed by atoms with E-state index >= 15 is 0 Å². The first-order chi connectivity index (χ1) is 7.29. The number of aliphatic hydroxyl groups is 1. The van der Waals surface area contributed by atoms with E-state index in [9.17, 15) is 0 Å². The molecule has 15 heavy (non-hydrogen) atoms. The first-order valence-electron chi connectivity index (χ1n) is 5.31. The fraction of sp³-hybridized carbons (Fsp3) is 0.500. The molecule has 2 rings (SSSR count). The molecule has 1 aromatic carbocycles. The van der Waals surface area contributed by atoms with Gasteiger partial charge in [0.2, 0.25) is 0 Å². The molecule has 1 aliphatic rings. The highest BCUT2D eigenvalue weighted by Crippen LogP contribution is 2.32. The number of aliphatic hydroxyl groups excluding tert-OH is 1. The van der Waals surface area contributed by atoms with E-state index in [2.05, 4.69) is 15.9 Å². The summed E-state index contributed by atoms with van der Waals surface area (Å²) in [6, 6.07) is 5.99. The molecule has 0 unspecified atom stereocenters. The standard InChI is InChI=1S/C12H15BrO2/c13-11-4-3-9(5-6-14)7-12(11)15-8-10-1-2-10/h3-4,7,10,14H,1-2,5-6,8H2. The summed E-state index contributed by atoms with van der Waals surface area (Å²) < 4.78 is 6.71. The minimum Gasteiger partial charge on any atom is -0.492 e. The molecular weight excluding hydrogens is 256 g/mol. The van der Waals surface area contributed by atoms with Crippen LogP contribution in [0.2, 0.25) is 0 Å². The number of rotatable bonds is 5. The van der Waals surface area contributed by atoms with Gasteiger partial charge < -0.3 is 9.84 Å². The van der Waals surface area contributed by atoms with Gasteiger partial charge in [0.15, 0.2) is 0 Å². The Morgan fingerprint density at radius 3 is 2.87 bits per heavy atom. The molecular formula is C12H15BrO2. The smallest absolute Gasteiger partial charge is 0.133 e. The maximum atomic E-state index is 8.86. The van der Waals surface area contributed by atoms with Gasteiger partial charge in [-0.3, -0.25) is 0 Å². The molecule has 0 spiro atoms. The molecule has 3 heteroatoms. The van der Waals surface area contributed by atoms with Crippen molar-refractivity contribution in [2.45, 2.75) is 19.3 Å². The number of ether oxygens (including phenoxy) is 1. The van der Waals surface area contributed by atoms with E-state index in [1.54, 1.807) is 0 Å². The van der Waals surface area contributed by atoms with Gasteiger partial charge in [-0.05, 0) is 58.8 Å². The summed E-state index contributed by atoms with van der Waals surface area (Å²) >= 11 is 3.46. The van der Waals surface area contributed by atoms with E-state index in [0.717, 1.165) is 28.3 Å². The zero-order valence-corrected chi connectivity index (χ0v) is 10.2. The van der Waals surface area contributed by atoms with Gasteiger partial charge in [0.25, 0.3) is 0 Å². The second kappa shape index (κ2) is 4.99. The maximum absolute atomic E-state index is 8.86. The summed E-state index contributed by atoms with van der Waals surface area (Å²) in [5.41, 5.74) is 1.12. The highest BCUT2D eigenvalue weighted by Gasteiger charge is 2.22. The van der Waals surface area contributed by atoms with Crippen LogP contribution in [0.15, 0.2) is 22.7 Å². The van der Waals surface area contributed by atoms with Gasteiger partial charge in [-0.15, -0.1) is 0 Å². The van der Waals surface area contributed by atoms with Crippen LogP contribution in [0, 0.1) is 5.92 Å². The minimum atomic E-state index is 0.184. The summed E-state index contributed by atoms with van der Waals surface area (Å²) in [5.74, 6) is 1.66. The van der Waals surface area contributed by atoms with Crippen LogP contribution < -0.4 is 4.74 Å². The molecule has 1 N–H and O–H groups in total. The SMILES string of the molecule is OCCc1ccc(Br)c(OCC2CC2)c1. The molecule has 0 saturated heterocycles. The predicted octanol–water partition coefficient (Wildman–Crippen LogP) is 2.77. The summed E-state index contributed by atoms with van der Waals surface area (Å²) in [7, 11) is 0. The normalized spacial score (nSPS) is 15.3. The minimum absolute atomic E-state index is 0.184. The van der Waals surface area contributed by atoms with Crippen LogP contribution in [0.5, 0.6) is 5.75 Å². The van der Waals surface area contributed by atoms with Crippen molar-refractivity contribution in [3.8, 4) is 5.75 Å². The Kier molecular flexibility index (Phi) is 3.65. The van der Waals surface area contributed by atoms with Crippen LogP contribution in [0.25, 0.3) is 0 Å². The topological polar surface area (TPSA) is 29.5 Å². The molecule has 82 valence electrons. The van der Waals surface area contributed by atoms with Crippen molar-refractivity contribution in [1.82, 2.24) is 0 Å². The fourth-order valence-corrected chi connectivity index (χ4v) is 1.80. The number of halogens is 1. The highest BCUT2D eigenvalue weighted by atomic mass is 79.9. The molecule has 2 nitrogen and oxygen atoms in total. The Hall–Kier alpha value is -0.540. The molecule has 1 aromatic rings. The van der Waals surface area contributed by atoms with Crippen molar-refractivity contribution in [1.29, 1.82) is 0 Å². The molecule has 1 fully saturated rings. The van der Waals surface area contributed by atoms with Gasteiger partial charge in [0.05, 0.1) is 11.1 Å². The Bertz CT molecular complexity index is 334. The number of hydrogen-bond acceptors (Lipinski definition) is 2. The molecule has 1 aliphatic carbocycles. The Morgan fingerprint density at radius 2 is 2.20 bits per heavy atom. The van der Waals surface area contributed by atoms with Gasteiger partial charge >= 0.3 is 0 Å². The third-order valence-corrected chi connectivity index (χ3v) is 3.22. The van der Waals surface area contributed by atoms with Crippen molar-refractivity contribution < 1.29 is 9.84 Å². The summed E-state index contributed by atoms with van der Waals surface area (Å²) in [5, 5.41) is 8.86. The molecule has 0 heterocycles. The second-order valence-electron chi connectivity index (χ2n) is 3.99. The van der Waals surface area contributed by atoms with Gasteiger partial charge in [0.1, 0.15) is 5.75 Å². The van der Waals surface area contributed by atoms with Gasteiger partial charge in [-0.1, -0.05) is 6.07 Å². The summed E-state index contributed by atoms with van der Waals surface area (Å²) in [6.45, 7) is 1.00. The largest absolute Gasteiger partial charge is 0.492 e. The Morgan fingerprint density at radius 1 is 1.40 bits per heavy atom. The molecule has 0 atom stereocenters. The van der Waals surface area contributed by atoms with E-state index in [-0.39, 0.29) is 6.61 Å². The van der Waals surface area contributed by atoms with Gasteiger partial charge in [-0.25, -0.2) is 0 Å². The van der Waals surface area contributed by atoms with Gasteiger partial charge in [-0.2, -0.15) is 0 Å². The van der Waals surface area contributed by atoms with Crippen LogP contribution in [-0.2, 0) is 6.42 Å². The lowest BCUT2D eigenvalue weighted by molar-refractivity contribution is 0.293. The molecule has 0 aliphatic heterocycles. The molecule has 0 aromatic heterocycles. The van der Waals surface area contributed by atoms with E-state index < -0.39 is 0 Å². The van der Waals surface area contributed by atoms with Crippen LogP contribution in [-0.4, -0.2) is 18.3 Å². The average molecular weight is 271 g/mol. The second-order valence-corrected chi connectivity index (χ2v) is 4.85. The first kappa shape index (κ1) is 11.0. The van der Waals surface area contributed by atoms with E-state index in [1.807, 2.05) is 18.2 Å². The third kappa shape index (κ3) is 3.21. The Labute approximate surface area is 98.4 Å². The maximum Gasteiger partial charge on any atom is 0.133 e. The quantitative estimate of drug-likeness (QED) is 0.892. The van der Waals surface area contributed by atoms with E-state index in [1.165, 1.54) is 12.8 Å². The Balaban J connectivity index is 2.01. The molecule has 1 saturated carbocycles. The van der Waals surface area contributed by atoms with Crippen LogP contribution in [0.3, 0.4) is 0 Å². The van der Waals surface area contributed by atoms with Crippen molar-refractivity contribution in [3.05, 3.63) is 28.2 Å². The lowest BCUT2D eigenvalue weighted by Gasteiger charge is -2.09. The van der Waals surface area contributed by atoms with Crippen molar-refractivity contribution in [2.75, 3.05) is 13.2 Å². The van der Waals surface area contributed by atoms with Crippen LogP contribution in [0.1, 0.15) is 18.4 Å². The van der Waals surface area contributed by atoms with E-state index in [4.69, 9.17) is 9.84 Å². The first-order valence-corrected chi connectivity index (χ1v) is 6.11. The van der Waals surface area contributed by atoms with Crippen molar-refractivity contribution >= 4 is 15.9 Å². The lowest BCUT2D eigenvalue weighted by Crippen LogP contribution is -2.00. The molecule has 0 radical (unpaired) electrons. The lowest BCUT2D eigenvalue weighted by atomic mass is 10.1. The fourth-order valence-electron chi connectivity index (χ4n) is 1.44. The number of hydrogen-bond donors (Lipinski definition) is 1. The van der Waals surface area contributed by atoms with Crippen molar-refractivity contribution in [3.63, 3.8) is 0 Å². The van der Waals surface area contributed by atoms with E-state index in [0.29, 0.717) is 6.42 Å². The van der Waals surface area contributed by atoms with Crippen LogP contribution >= 0.6 is 15.9 Å². The molecule has 0 bridgehead atoms. The van der Waals surface area contributed by atoms with Crippen molar-refractivity contribution in [2.24, 2.45) is 5.92 Å².